The van der Waals surface area contributed by atoms with E-state index in [2.05, 4.69) is 4.98 Å². The van der Waals surface area contributed by atoms with Gasteiger partial charge in [0.15, 0.2) is 0 Å². The SMILES string of the molecule is CCOC(=O)Cc1ncccc1COC. The van der Waals surface area contributed by atoms with Crippen LogP contribution in [0.25, 0.3) is 0 Å². The van der Waals surface area contributed by atoms with Crippen LogP contribution in [-0.4, -0.2) is 24.7 Å². The number of hydrogen-bond donors (Lipinski definition) is 0. The van der Waals surface area contributed by atoms with E-state index < -0.39 is 0 Å². The van der Waals surface area contributed by atoms with Gasteiger partial charge < -0.3 is 9.47 Å². The molecule has 0 bridgehead atoms. The fourth-order valence-electron chi connectivity index (χ4n) is 1.27. The fraction of sp³-hybridized carbons (Fsp3) is 0.455. The molecule has 0 N–H and O–H groups in total. The number of carbonyl (C=O) groups excluding carboxylic acids is 1. The topological polar surface area (TPSA) is 48.4 Å². The van der Waals surface area contributed by atoms with Crippen LogP contribution in [0.2, 0.25) is 0 Å². The van der Waals surface area contributed by atoms with Crippen molar-refractivity contribution in [1.29, 1.82) is 0 Å². The number of ether oxygens (including phenoxy) is 2. The zero-order chi connectivity index (χ0) is 11.1. The van der Waals surface area contributed by atoms with Crippen molar-refractivity contribution in [2.75, 3.05) is 13.7 Å². The Hall–Kier alpha value is -1.42. The standard InChI is InChI=1S/C11H15NO3/c1-3-15-11(13)7-10-9(8-14-2)5-4-6-12-10/h4-6H,3,7-8H2,1-2H3. The second-order valence-electron chi connectivity index (χ2n) is 3.02. The summed E-state index contributed by atoms with van der Waals surface area (Å²) in [6.45, 7) is 2.64. The van der Waals surface area contributed by atoms with Crippen molar-refractivity contribution >= 4 is 5.97 Å². The smallest absolute Gasteiger partial charge is 0.311 e. The molecule has 1 rings (SSSR count). The Kier molecular flexibility index (Phi) is 4.77. The van der Waals surface area contributed by atoms with Gasteiger partial charge in [0.2, 0.25) is 0 Å². The summed E-state index contributed by atoms with van der Waals surface area (Å²) >= 11 is 0. The number of methoxy groups -OCH3 is 1. The lowest BCUT2D eigenvalue weighted by atomic mass is 10.1. The average Bonchev–Trinajstić information content (AvgIpc) is 2.21. The van der Waals surface area contributed by atoms with Crippen LogP contribution in [0.5, 0.6) is 0 Å². The van der Waals surface area contributed by atoms with Crippen LogP contribution in [0.1, 0.15) is 18.2 Å². The minimum Gasteiger partial charge on any atom is -0.466 e. The van der Waals surface area contributed by atoms with Gasteiger partial charge in [-0.1, -0.05) is 6.07 Å². The van der Waals surface area contributed by atoms with Gasteiger partial charge in [-0.15, -0.1) is 0 Å². The van der Waals surface area contributed by atoms with Gasteiger partial charge in [-0.2, -0.15) is 0 Å². The third kappa shape index (κ3) is 3.67. The predicted octanol–water partition coefficient (Wildman–Crippen LogP) is 1.33. The first-order valence-electron chi connectivity index (χ1n) is 4.85. The monoisotopic (exact) mass is 209 g/mol. The summed E-state index contributed by atoms with van der Waals surface area (Å²) in [6.07, 6.45) is 1.86. The summed E-state index contributed by atoms with van der Waals surface area (Å²) in [4.78, 5) is 15.4. The molecule has 0 fully saturated rings. The number of aromatic nitrogens is 1. The highest BCUT2D eigenvalue weighted by Gasteiger charge is 2.09. The van der Waals surface area contributed by atoms with Crippen molar-refractivity contribution in [3.8, 4) is 0 Å². The maximum absolute atomic E-state index is 11.3. The van der Waals surface area contributed by atoms with Gasteiger partial charge in [0.25, 0.3) is 0 Å². The van der Waals surface area contributed by atoms with Crippen LogP contribution < -0.4 is 0 Å². The molecule has 0 saturated heterocycles. The number of pyridine rings is 1. The van der Waals surface area contributed by atoms with Crippen LogP contribution in [0.3, 0.4) is 0 Å². The Morgan fingerprint density at radius 2 is 2.33 bits per heavy atom. The number of carbonyl (C=O) groups is 1. The van der Waals surface area contributed by atoms with Gasteiger partial charge >= 0.3 is 5.97 Å². The number of rotatable bonds is 5. The highest BCUT2D eigenvalue weighted by molar-refractivity contribution is 5.72. The highest BCUT2D eigenvalue weighted by atomic mass is 16.5. The third-order valence-corrected chi connectivity index (χ3v) is 1.90. The first-order chi connectivity index (χ1) is 7.27. The zero-order valence-electron chi connectivity index (χ0n) is 9.03. The van der Waals surface area contributed by atoms with Gasteiger partial charge in [0.05, 0.1) is 25.3 Å². The van der Waals surface area contributed by atoms with E-state index in [1.165, 1.54) is 0 Å². The van der Waals surface area contributed by atoms with E-state index in [1.807, 2.05) is 12.1 Å². The van der Waals surface area contributed by atoms with Gasteiger partial charge in [-0.25, -0.2) is 0 Å². The lowest BCUT2D eigenvalue weighted by Gasteiger charge is -2.06. The van der Waals surface area contributed by atoms with Crippen LogP contribution in [-0.2, 0) is 27.3 Å². The summed E-state index contributed by atoms with van der Waals surface area (Å²) in [5.74, 6) is -0.256. The first kappa shape index (κ1) is 11.7. The molecule has 82 valence electrons. The number of nitrogens with zero attached hydrogens (tertiary/aromatic N) is 1. The Balaban J connectivity index is 2.70. The van der Waals surface area contributed by atoms with Crippen molar-refractivity contribution in [2.24, 2.45) is 0 Å². The molecule has 4 nitrogen and oxygen atoms in total. The van der Waals surface area contributed by atoms with E-state index in [4.69, 9.17) is 9.47 Å². The Morgan fingerprint density at radius 3 is 3.00 bits per heavy atom. The lowest BCUT2D eigenvalue weighted by molar-refractivity contribution is -0.142. The molecular weight excluding hydrogens is 194 g/mol. The van der Waals surface area contributed by atoms with Crippen LogP contribution in [0.4, 0.5) is 0 Å². The van der Waals surface area contributed by atoms with Gasteiger partial charge in [-0.3, -0.25) is 9.78 Å². The van der Waals surface area contributed by atoms with E-state index in [1.54, 1.807) is 20.2 Å². The summed E-state index contributed by atoms with van der Waals surface area (Å²) in [7, 11) is 1.61. The molecule has 0 unspecified atom stereocenters. The average molecular weight is 209 g/mol. The maximum atomic E-state index is 11.3. The maximum Gasteiger partial charge on any atom is 0.311 e. The molecular formula is C11H15NO3. The lowest BCUT2D eigenvalue weighted by Crippen LogP contribution is -2.11. The molecule has 0 aliphatic carbocycles. The summed E-state index contributed by atoms with van der Waals surface area (Å²) in [5, 5.41) is 0. The van der Waals surface area contributed by atoms with Crippen molar-refractivity contribution < 1.29 is 14.3 Å². The van der Waals surface area contributed by atoms with Crippen molar-refractivity contribution in [1.82, 2.24) is 4.98 Å². The van der Waals surface area contributed by atoms with Crippen molar-refractivity contribution in [3.05, 3.63) is 29.6 Å². The van der Waals surface area contributed by atoms with Crippen LogP contribution in [0.15, 0.2) is 18.3 Å². The summed E-state index contributed by atoms with van der Waals surface area (Å²) in [5.41, 5.74) is 1.64. The second kappa shape index (κ2) is 6.14. The molecule has 4 heteroatoms. The molecule has 0 spiro atoms. The molecule has 0 saturated carbocycles. The molecule has 1 heterocycles. The van der Waals surface area contributed by atoms with Crippen LogP contribution in [0, 0.1) is 0 Å². The first-order valence-corrected chi connectivity index (χ1v) is 4.85. The molecule has 1 aromatic rings. The van der Waals surface area contributed by atoms with E-state index in [-0.39, 0.29) is 12.4 Å². The Bertz CT molecular complexity index is 325. The molecule has 1 aromatic heterocycles. The highest BCUT2D eigenvalue weighted by Crippen LogP contribution is 2.08. The van der Waals surface area contributed by atoms with E-state index >= 15 is 0 Å². The Morgan fingerprint density at radius 1 is 1.53 bits per heavy atom. The number of esters is 1. The van der Waals surface area contributed by atoms with Gasteiger partial charge in [0.1, 0.15) is 0 Å². The zero-order valence-corrected chi connectivity index (χ0v) is 9.03. The molecule has 0 aliphatic heterocycles. The van der Waals surface area contributed by atoms with E-state index in [0.717, 1.165) is 11.3 Å². The van der Waals surface area contributed by atoms with Gasteiger partial charge in [0, 0.05) is 13.3 Å². The fourth-order valence-corrected chi connectivity index (χ4v) is 1.27. The minimum atomic E-state index is -0.256. The van der Waals surface area contributed by atoms with Gasteiger partial charge in [-0.05, 0) is 18.6 Å². The summed E-state index contributed by atoms with van der Waals surface area (Å²) in [6, 6.07) is 3.72. The Labute approximate surface area is 89.2 Å². The molecule has 0 aliphatic rings. The molecule has 15 heavy (non-hydrogen) atoms. The number of hydrogen-bond acceptors (Lipinski definition) is 4. The molecule has 0 aromatic carbocycles. The minimum absolute atomic E-state index is 0.202. The quantitative estimate of drug-likeness (QED) is 0.686. The molecule has 0 amide bonds. The second-order valence-corrected chi connectivity index (χ2v) is 3.02. The molecule has 0 atom stereocenters. The van der Waals surface area contributed by atoms with E-state index in [0.29, 0.717) is 13.2 Å². The van der Waals surface area contributed by atoms with Crippen molar-refractivity contribution in [3.63, 3.8) is 0 Å². The predicted molar refractivity (Wildman–Crippen MR) is 55.3 cm³/mol. The normalized spacial score (nSPS) is 10.0. The third-order valence-electron chi connectivity index (χ3n) is 1.90. The van der Waals surface area contributed by atoms with Crippen molar-refractivity contribution in [2.45, 2.75) is 20.0 Å². The van der Waals surface area contributed by atoms with Crippen LogP contribution >= 0.6 is 0 Å². The van der Waals surface area contributed by atoms with E-state index in [9.17, 15) is 4.79 Å². The summed E-state index contributed by atoms with van der Waals surface area (Å²) < 4.78 is 9.88. The molecule has 0 radical (unpaired) electrons. The largest absolute Gasteiger partial charge is 0.466 e.